The van der Waals surface area contributed by atoms with E-state index in [1.165, 1.54) is 0 Å². The molecule has 2 N–H and O–H groups in total. The van der Waals surface area contributed by atoms with Crippen LogP contribution in [0.1, 0.15) is 43.0 Å². The topological polar surface area (TPSA) is 78.1 Å². The molecule has 6 heteroatoms. The van der Waals surface area contributed by atoms with Crippen LogP contribution in [0.25, 0.3) is 11.5 Å². The lowest BCUT2D eigenvalue weighted by Gasteiger charge is -2.17. The van der Waals surface area contributed by atoms with Gasteiger partial charge in [0.2, 0.25) is 0 Å². The normalized spacial score (nSPS) is 17.4. The van der Waals surface area contributed by atoms with Gasteiger partial charge in [-0.05, 0) is 32.8 Å². The first kappa shape index (κ1) is 14.1. The molecule has 19 heavy (non-hydrogen) atoms. The molecule has 1 aliphatic carbocycles. The van der Waals surface area contributed by atoms with Gasteiger partial charge in [0.15, 0.2) is 5.82 Å². The minimum absolute atomic E-state index is 0. The minimum atomic E-state index is -0.408. The Morgan fingerprint density at radius 1 is 1.26 bits per heavy atom. The fourth-order valence-corrected chi connectivity index (χ4v) is 2.61. The van der Waals surface area contributed by atoms with E-state index in [1.807, 2.05) is 19.9 Å². The van der Waals surface area contributed by atoms with Crippen LogP contribution in [-0.4, -0.2) is 10.1 Å². The third kappa shape index (κ3) is 2.40. The van der Waals surface area contributed by atoms with E-state index in [9.17, 15) is 0 Å². The number of rotatable bonds is 2. The fourth-order valence-electron chi connectivity index (χ4n) is 2.61. The number of aryl methyl sites for hydroxylation is 2. The Balaban J connectivity index is 0.00000133. The molecule has 0 saturated heterocycles. The van der Waals surface area contributed by atoms with Crippen molar-refractivity contribution < 1.29 is 8.94 Å². The summed E-state index contributed by atoms with van der Waals surface area (Å²) in [5.41, 5.74) is 6.75. The molecule has 0 bridgehead atoms. The third-order valence-corrected chi connectivity index (χ3v) is 3.64. The molecule has 0 aromatic carbocycles. The first-order valence-corrected chi connectivity index (χ1v) is 6.29. The van der Waals surface area contributed by atoms with E-state index in [1.54, 1.807) is 0 Å². The van der Waals surface area contributed by atoms with Gasteiger partial charge in [0.05, 0.1) is 11.1 Å². The number of halogens is 1. The molecule has 1 aliphatic rings. The second kappa shape index (κ2) is 4.98. The van der Waals surface area contributed by atoms with Crippen molar-refractivity contribution >= 4 is 12.4 Å². The molecular formula is C13H18ClN3O2. The third-order valence-electron chi connectivity index (χ3n) is 3.64. The zero-order valence-electron chi connectivity index (χ0n) is 11.1. The quantitative estimate of drug-likeness (QED) is 0.916. The zero-order chi connectivity index (χ0) is 12.8. The summed E-state index contributed by atoms with van der Waals surface area (Å²) in [6.45, 7) is 3.79. The molecule has 0 spiro atoms. The molecule has 0 unspecified atom stereocenters. The van der Waals surface area contributed by atoms with E-state index in [2.05, 4.69) is 10.1 Å². The molecule has 2 aromatic heterocycles. The Morgan fingerprint density at radius 2 is 1.95 bits per heavy atom. The maximum atomic E-state index is 6.31. The zero-order valence-corrected chi connectivity index (χ0v) is 11.9. The highest BCUT2D eigenvalue weighted by Crippen LogP contribution is 2.36. The highest BCUT2D eigenvalue weighted by molar-refractivity contribution is 5.85. The van der Waals surface area contributed by atoms with Crippen molar-refractivity contribution in [3.8, 4) is 11.5 Å². The van der Waals surface area contributed by atoms with Gasteiger partial charge >= 0.3 is 0 Å². The van der Waals surface area contributed by atoms with Crippen LogP contribution in [0.5, 0.6) is 0 Å². The molecule has 0 radical (unpaired) electrons. The summed E-state index contributed by atoms with van der Waals surface area (Å²) in [6, 6.07) is 1.91. The summed E-state index contributed by atoms with van der Waals surface area (Å²) in [5.74, 6) is 2.75. The second-order valence-electron chi connectivity index (χ2n) is 5.11. The van der Waals surface area contributed by atoms with Crippen molar-refractivity contribution in [2.75, 3.05) is 0 Å². The first-order valence-electron chi connectivity index (χ1n) is 6.29. The van der Waals surface area contributed by atoms with E-state index in [4.69, 9.17) is 14.7 Å². The SMILES string of the molecule is Cc1cc(-c2nc(C3(N)CCCC3)no2)c(C)o1.Cl. The van der Waals surface area contributed by atoms with Crippen molar-refractivity contribution in [2.45, 2.75) is 45.1 Å². The largest absolute Gasteiger partial charge is 0.466 e. The molecule has 3 rings (SSSR count). The Bertz CT molecular complexity index is 570. The molecule has 0 atom stereocenters. The molecule has 1 saturated carbocycles. The highest BCUT2D eigenvalue weighted by Gasteiger charge is 2.36. The van der Waals surface area contributed by atoms with Gasteiger partial charge in [0, 0.05) is 0 Å². The minimum Gasteiger partial charge on any atom is -0.466 e. The smallest absolute Gasteiger partial charge is 0.261 e. The standard InChI is InChI=1S/C13H17N3O2.ClH/c1-8-7-10(9(2)17-8)11-15-12(16-18-11)13(14)5-3-4-6-13;/h7H,3-6,14H2,1-2H3;1H. The predicted molar refractivity (Wildman–Crippen MR) is 73.1 cm³/mol. The second-order valence-corrected chi connectivity index (χ2v) is 5.11. The molecule has 0 aliphatic heterocycles. The van der Waals surface area contributed by atoms with E-state index >= 15 is 0 Å². The molecule has 2 heterocycles. The van der Waals surface area contributed by atoms with Gasteiger partial charge in [-0.1, -0.05) is 18.0 Å². The van der Waals surface area contributed by atoms with Gasteiger partial charge in [0.25, 0.3) is 5.89 Å². The lowest BCUT2D eigenvalue weighted by atomic mass is 9.99. The van der Waals surface area contributed by atoms with Gasteiger partial charge in [-0.15, -0.1) is 12.4 Å². The van der Waals surface area contributed by atoms with Crippen molar-refractivity contribution in [3.05, 3.63) is 23.4 Å². The van der Waals surface area contributed by atoms with Crippen molar-refractivity contribution in [3.63, 3.8) is 0 Å². The first-order chi connectivity index (χ1) is 8.58. The average Bonchev–Trinajstić information content (AvgIpc) is 2.99. The van der Waals surface area contributed by atoms with Crippen LogP contribution in [0.15, 0.2) is 15.0 Å². The van der Waals surface area contributed by atoms with Crippen LogP contribution in [0, 0.1) is 13.8 Å². The summed E-state index contributed by atoms with van der Waals surface area (Å²) in [5, 5.41) is 4.04. The average molecular weight is 284 g/mol. The Labute approximate surface area is 118 Å². The van der Waals surface area contributed by atoms with Crippen LogP contribution < -0.4 is 5.73 Å². The number of hydrogen-bond donors (Lipinski definition) is 1. The maximum absolute atomic E-state index is 6.31. The summed E-state index contributed by atoms with van der Waals surface area (Å²) < 4.78 is 10.8. The summed E-state index contributed by atoms with van der Waals surface area (Å²) in [4.78, 5) is 4.45. The molecule has 104 valence electrons. The van der Waals surface area contributed by atoms with Gasteiger partial charge < -0.3 is 14.7 Å². The van der Waals surface area contributed by atoms with Crippen molar-refractivity contribution in [1.82, 2.24) is 10.1 Å². The van der Waals surface area contributed by atoms with Gasteiger partial charge in [-0.25, -0.2) is 0 Å². The number of aromatic nitrogens is 2. The van der Waals surface area contributed by atoms with E-state index in [0.29, 0.717) is 11.7 Å². The number of hydrogen-bond acceptors (Lipinski definition) is 5. The molecule has 5 nitrogen and oxygen atoms in total. The lowest BCUT2D eigenvalue weighted by Crippen LogP contribution is -2.34. The van der Waals surface area contributed by atoms with Crippen LogP contribution in [0.2, 0.25) is 0 Å². The van der Waals surface area contributed by atoms with Crippen LogP contribution in [-0.2, 0) is 5.54 Å². The van der Waals surface area contributed by atoms with Crippen LogP contribution in [0.3, 0.4) is 0 Å². The molecule has 0 amide bonds. The summed E-state index contributed by atoms with van der Waals surface area (Å²) >= 11 is 0. The van der Waals surface area contributed by atoms with Gasteiger partial charge in [-0.3, -0.25) is 0 Å². The Morgan fingerprint density at radius 3 is 2.53 bits per heavy atom. The van der Waals surface area contributed by atoms with E-state index < -0.39 is 5.54 Å². The van der Waals surface area contributed by atoms with Crippen molar-refractivity contribution in [2.24, 2.45) is 5.73 Å². The highest BCUT2D eigenvalue weighted by atomic mass is 35.5. The molecule has 2 aromatic rings. The Kier molecular flexibility index (Phi) is 3.69. The predicted octanol–water partition coefficient (Wildman–Crippen LogP) is 3.10. The van der Waals surface area contributed by atoms with Gasteiger partial charge in [0.1, 0.15) is 11.5 Å². The van der Waals surface area contributed by atoms with Crippen molar-refractivity contribution in [1.29, 1.82) is 0 Å². The maximum Gasteiger partial charge on any atom is 0.261 e. The number of nitrogens with two attached hydrogens (primary N) is 1. The summed E-state index contributed by atoms with van der Waals surface area (Å²) in [6.07, 6.45) is 4.11. The monoisotopic (exact) mass is 283 g/mol. The number of furan rings is 1. The summed E-state index contributed by atoms with van der Waals surface area (Å²) in [7, 11) is 0. The number of nitrogens with zero attached hydrogens (tertiary/aromatic N) is 2. The Hall–Kier alpha value is -1.33. The lowest BCUT2D eigenvalue weighted by molar-refractivity contribution is 0.372. The van der Waals surface area contributed by atoms with Crippen LogP contribution >= 0.6 is 12.4 Å². The van der Waals surface area contributed by atoms with E-state index in [-0.39, 0.29) is 12.4 Å². The molecule has 1 fully saturated rings. The molecular weight excluding hydrogens is 266 g/mol. The fraction of sp³-hybridized carbons (Fsp3) is 0.538. The van der Waals surface area contributed by atoms with E-state index in [0.717, 1.165) is 42.8 Å². The van der Waals surface area contributed by atoms with Gasteiger partial charge in [-0.2, -0.15) is 4.98 Å². The van der Waals surface area contributed by atoms with Crippen LogP contribution in [0.4, 0.5) is 0 Å².